The first-order valence-corrected chi connectivity index (χ1v) is 28.0. The second kappa shape index (κ2) is 23.4. The Hall–Kier alpha value is -5.06. The van der Waals surface area contributed by atoms with Gasteiger partial charge in [-0.25, -0.2) is 18.2 Å². The molecule has 4 N–H and O–H groups in total. The molecule has 16 nitrogen and oxygen atoms in total. The highest BCUT2D eigenvalue weighted by Crippen LogP contribution is 2.39. The molecule has 2 saturated heterocycles. The van der Waals surface area contributed by atoms with Crippen molar-refractivity contribution in [1.29, 1.82) is 0 Å². The third-order valence-corrected chi connectivity index (χ3v) is 17.2. The third kappa shape index (κ3) is 13.4. The van der Waals surface area contributed by atoms with Crippen molar-refractivity contribution in [3.63, 3.8) is 0 Å². The second-order valence-electron chi connectivity index (χ2n) is 18.6. The molecule has 4 aromatic rings. The minimum atomic E-state index is -3.85. The van der Waals surface area contributed by atoms with Crippen molar-refractivity contribution in [2.24, 2.45) is 0 Å². The monoisotopic (exact) mass is 1070 g/mol. The Morgan fingerprint density at radius 3 is 1.56 bits per heavy atom. The fourth-order valence-electron chi connectivity index (χ4n) is 9.41. The number of hydrogen-bond acceptors (Lipinski definition) is 8. The highest BCUT2D eigenvalue weighted by Gasteiger charge is 2.39. The molecule has 72 heavy (non-hydrogen) atoms. The van der Waals surface area contributed by atoms with Crippen LogP contribution in [-0.4, -0.2) is 100 Å². The molecule has 2 aliphatic heterocycles. The van der Waals surface area contributed by atoms with E-state index in [-0.39, 0.29) is 63.3 Å². The predicted molar refractivity (Wildman–Crippen MR) is 271 cm³/mol. The summed E-state index contributed by atoms with van der Waals surface area (Å²) in [6, 6.07) is 16.5. The van der Waals surface area contributed by atoms with Gasteiger partial charge >= 0.3 is 0 Å². The van der Waals surface area contributed by atoms with E-state index in [9.17, 15) is 36.0 Å². The highest BCUT2D eigenvalue weighted by atomic mass is 35.5. The second-order valence-corrected chi connectivity index (χ2v) is 22.9. The van der Waals surface area contributed by atoms with Crippen molar-refractivity contribution in [2.45, 2.75) is 101 Å². The number of anilines is 2. The summed E-state index contributed by atoms with van der Waals surface area (Å²) in [6.45, 7) is 0.718. The van der Waals surface area contributed by atoms with E-state index < -0.39 is 80.6 Å². The molecular weight excluding hydrogens is 1010 g/mol. The maximum atomic E-state index is 16.3. The van der Waals surface area contributed by atoms with Crippen LogP contribution >= 0.6 is 23.2 Å². The van der Waals surface area contributed by atoms with E-state index in [1.54, 1.807) is 30.3 Å². The molecule has 2 atom stereocenters. The number of benzene rings is 4. The molecule has 2 aliphatic carbocycles. The van der Waals surface area contributed by atoms with Gasteiger partial charge in [0.1, 0.15) is 23.7 Å². The van der Waals surface area contributed by atoms with Gasteiger partial charge in [0.2, 0.25) is 23.6 Å². The fraction of sp³-hybridized carbons (Fsp3) is 0.440. The molecule has 0 aromatic heterocycles. The maximum absolute atomic E-state index is 16.3. The first-order chi connectivity index (χ1) is 34.5. The number of halogens is 4. The molecule has 386 valence electrons. The molecule has 0 unspecified atom stereocenters. The first kappa shape index (κ1) is 53.2. The predicted octanol–water partition coefficient (Wildman–Crippen LogP) is 7.07. The topological polar surface area (TPSA) is 197 Å². The lowest BCUT2D eigenvalue weighted by atomic mass is 9.93. The molecule has 4 aromatic carbocycles. The standard InChI is InChI=1S/C50H58Cl2F2N8O8S2/c51-43-17-8-7-16-41(43)47(49(65)57-37-11-3-1-4-12-37)62(46(64)21-23-56-72(69,70)60-26-27-60)40-29-34(28-36(54)32-40)33-18-19-42(44(52)30-33)48(50(66)58-38-13-5-2-6-14-38)61(39-15-9-10-35(53)31-39)45(63)20-22-55-71(67,68)59-24-25-59/h7-10,15-19,28-32,37-38,47-48,55-56H,1-6,11-14,20-27H2,(H,57,65)(H,58,66)/t47-,48+/m1/s1. The van der Waals surface area contributed by atoms with E-state index >= 15 is 8.78 Å². The zero-order chi connectivity index (χ0) is 51.2. The Balaban J connectivity index is 1.18. The van der Waals surface area contributed by atoms with E-state index in [0.717, 1.165) is 60.5 Å². The van der Waals surface area contributed by atoms with Gasteiger partial charge in [-0.15, -0.1) is 0 Å². The molecule has 4 aliphatic rings. The van der Waals surface area contributed by atoms with Crippen LogP contribution in [0.15, 0.2) is 84.9 Å². The van der Waals surface area contributed by atoms with Crippen molar-refractivity contribution in [3.05, 3.63) is 118 Å². The van der Waals surface area contributed by atoms with Crippen LogP contribution in [0, 0.1) is 11.6 Å². The lowest BCUT2D eigenvalue weighted by Crippen LogP contribution is -2.48. The number of rotatable bonds is 21. The Labute approximate surface area is 429 Å². The lowest BCUT2D eigenvalue weighted by molar-refractivity contribution is -0.127. The van der Waals surface area contributed by atoms with Gasteiger partial charge in [0.15, 0.2) is 0 Å². The summed E-state index contributed by atoms with van der Waals surface area (Å²) in [5.74, 6) is -4.13. The van der Waals surface area contributed by atoms with Gasteiger partial charge in [0.05, 0.1) is 0 Å². The Bertz CT molecular complexity index is 2880. The van der Waals surface area contributed by atoms with Gasteiger partial charge < -0.3 is 10.6 Å². The number of hydrogen-bond donors (Lipinski definition) is 4. The van der Waals surface area contributed by atoms with Gasteiger partial charge in [-0.05, 0) is 85.3 Å². The van der Waals surface area contributed by atoms with Gasteiger partial charge in [-0.1, -0.05) is 98.1 Å². The Morgan fingerprint density at radius 1 is 0.556 bits per heavy atom. The number of carbonyl (C=O) groups is 4. The quantitative estimate of drug-likeness (QED) is 0.0636. The Kier molecular flexibility index (Phi) is 17.3. The van der Waals surface area contributed by atoms with E-state index in [1.165, 1.54) is 51.1 Å². The molecule has 0 spiro atoms. The summed E-state index contributed by atoms with van der Waals surface area (Å²) >= 11 is 13.9. The average Bonchev–Trinajstić information content (AvgIpc) is 4.27. The average molecular weight is 1070 g/mol. The van der Waals surface area contributed by atoms with Crippen LogP contribution < -0.4 is 29.9 Å². The van der Waals surface area contributed by atoms with Crippen LogP contribution in [0.4, 0.5) is 20.2 Å². The molecule has 2 saturated carbocycles. The van der Waals surface area contributed by atoms with Crippen LogP contribution in [0.3, 0.4) is 0 Å². The number of nitrogens with zero attached hydrogens (tertiary/aromatic N) is 4. The van der Waals surface area contributed by atoms with Crippen LogP contribution in [0.2, 0.25) is 10.0 Å². The normalized spacial score (nSPS) is 17.7. The van der Waals surface area contributed by atoms with Crippen LogP contribution in [-0.2, 0) is 39.6 Å². The van der Waals surface area contributed by atoms with E-state index in [2.05, 4.69) is 20.1 Å². The number of carbonyl (C=O) groups excluding carboxylic acids is 4. The molecule has 8 rings (SSSR count). The zero-order valence-corrected chi connectivity index (χ0v) is 42.6. The van der Waals surface area contributed by atoms with Gasteiger partial charge in [-0.2, -0.15) is 25.4 Å². The summed E-state index contributed by atoms with van der Waals surface area (Å²) in [5.41, 5.74) is 0.794. The van der Waals surface area contributed by atoms with Crippen molar-refractivity contribution in [3.8, 4) is 11.1 Å². The van der Waals surface area contributed by atoms with Crippen molar-refractivity contribution >= 4 is 78.6 Å². The molecule has 2 heterocycles. The largest absolute Gasteiger partial charge is 0.351 e. The van der Waals surface area contributed by atoms with E-state index in [0.29, 0.717) is 57.4 Å². The highest BCUT2D eigenvalue weighted by molar-refractivity contribution is 7.87. The van der Waals surface area contributed by atoms with Crippen molar-refractivity contribution in [1.82, 2.24) is 28.7 Å². The molecule has 4 fully saturated rings. The molecule has 4 amide bonds. The zero-order valence-electron chi connectivity index (χ0n) is 39.5. The number of amides is 4. The summed E-state index contributed by atoms with van der Waals surface area (Å²) in [5, 5.41) is 6.28. The van der Waals surface area contributed by atoms with Gasteiger partial charge in [0.25, 0.3) is 20.4 Å². The summed E-state index contributed by atoms with van der Waals surface area (Å²) in [4.78, 5) is 60.6. The summed E-state index contributed by atoms with van der Waals surface area (Å²) < 4.78 is 89.2. The molecule has 0 bridgehead atoms. The van der Waals surface area contributed by atoms with Crippen molar-refractivity contribution < 1.29 is 44.8 Å². The van der Waals surface area contributed by atoms with Gasteiger partial charge in [0, 0.05) is 96.7 Å². The molecule has 22 heteroatoms. The summed E-state index contributed by atoms with van der Waals surface area (Å²) in [6.07, 6.45) is 7.50. The van der Waals surface area contributed by atoms with Crippen LogP contribution in [0.1, 0.15) is 100 Å². The SMILES string of the molecule is O=C(NC1CCCCC1)[C@H](c1ccc(-c2cc(F)cc(N(C(=O)CCNS(=O)(=O)N3CC3)[C@@H](C(=O)NC3CCCCC3)c3ccccc3Cl)c2)cc1Cl)N(C(=O)CCNS(=O)(=O)N1CC1)c1cccc(F)c1. The van der Waals surface area contributed by atoms with E-state index in [1.807, 2.05) is 0 Å². The molecule has 0 radical (unpaired) electrons. The number of nitrogens with one attached hydrogen (secondary N) is 4. The van der Waals surface area contributed by atoms with E-state index in [4.69, 9.17) is 23.2 Å². The van der Waals surface area contributed by atoms with Crippen LogP contribution in [0.25, 0.3) is 11.1 Å². The van der Waals surface area contributed by atoms with Crippen LogP contribution in [0.5, 0.6) is 0 Å². The maximum Gasteiger partial charge on any atom is 0.279 e. The lowest BCUT2D eigenvalue weighted by Gasteiger charge is -2.34. The smallest absolute Gasteiger partial charge is 0.279 e. The minimum Gasteiger partial charge on any atom is -0.351 e. The third-order valence-electron chi connectivity index (χ3n) is 13.3. The fourth-order valence-corrected chi connectivity index (χ4v) is 12.1. The first-order valence-electron chi connectivity index (χ1n) is 24.3. The van der Waals surface area contributed by atoms with Crippen molar-refractivity contribution in [2.75, 3.05) is 49.1 Å². The Morgan fingerprint density at radius 2 is 1.06 bits per heavy atom. The van der Waals surface area contributed by atoms with Gasteiger partial charge in [-0.3, -0.25) is 29.0 Å². The summed E-state index contributed by atoms with van der Waals surface area (Å²) in [7, 11) is -7.69. The minimum absolute atomic E-state index is 0.00992. The molecular formula is C50H58Cl2F2N8O8S2.